The number of nitrogens with one attached hydrogen (secondary N) is 1. The Bertz CT molecular complexity index is 1050. The monoisotopic (exact) mass is 402 g/mol. The zero-order valence-electron chi connectivity index (χ0n) is 16.1. The van der Waals surface area contributed by atoms with Crippen LogP contribution in [0, 0.1) is 5.92 Å². The second-order valence-electron chi connectivity index (χ2n) is 7.49. The van der Waals surface area contributed by atoms with Crippen LogP contribution in [-0.4, -0.2) is 30.3 Å². The van der Waals surface area contributed by atoms with Crippen LogP contribution >= 0.6 is 0 Å². The molecule has 2 aromatic heterocycles. The molecule has 3 heterocycles. The lowest BCUT2D eigenvalue weighted by Crippen LogP contribution is -2.32. The fraction of sp³-hybridized carbons (Fsp3) is 0.381. The first-order chi connectivity index (χ1) is 13.3. The Labute approximate surface area is 165 Å². The number of H-pyrrole nitrogens is 1. The number of aromatic amines is 1. The largest absolute Gasteiger partial charge is 0.472 e. The van der Waals surface area contributed by atoms with Crippen molar-refractivity contribution in [2.75, 3.05) is 5.75 Å². The second-order valence-corrected chi connectivity index (χ2v) is 9.83. The molecule has 28 heavy (non-hydrogen) atoms. The van der Waals surface area contributed by atoms with Crippen LogP contribution < -0.4 is 5.73 Å². The number of carbonyl (C=O) groups is 1. The number of carbonyl (C=O) groups excluding carboxylic acids is 1. The molecule has 1 fully saturated rings. The molecule has 1 aromatic carbocycles. The maximum atomic E-state index is 11.4. The van der Waals surface area contributed by atoms with Crippen LogP contribution in [0.15, 0.2) is 47.4 Å². The summed E-state index contributed by atoms with van der Waals surface area (Å²) in [5.41, 5.74) is 8.48. The number of hydrogen-bond donors (Lipinski definition) is 2. The molecule has 0 spiro atoms. The van der Waals surface area contributed by atoms with Crippen molar-refractivity contribution in [2.45, 2.75) is 38.4 Å². The summed E-state index contributed by atoms with van der Waals surface area (Å²) in [7, 11) is -2.72. The van der Waals surface area contributed by atoms with Gasteiger partial charge in [-0.05, 0) is 48.6 Å². The van der Waals surface area contributed by atoms with Crippen LogP contribution in [0.3, 0.4) is 0 Å². The second kappa shape index (κ2) is 8.22. The molecule has 1 aliphatic heterocycles. The summed E-state index contributed by atoms with van der Waals surface area (Å²) in [6.45, 7) is 3.99. The van der Waals surface area contributed by atoms with Gasteiger partial charge in [-0.1, -0.05) is 20.3 Å². The van der Waals surface area contributed by atoms with Crippen molar-refractivity contribution >= 4 is 26.6 Å². The van der Waals surface area contributed by atoms with E-state index in [1.54, 1.807) is 24.8 Å². The van der Waals surface area contributed by atoms with Crippen molar-refractivity contribution < 1.29 is 17.6 Å². The third kappa shape index (κ3) is 4.30. The molecular weight excluding hydrogens is 376 g/mol. The number of furan rings is 1. The maximum Gasteiger partial charge on any atom is 0.250 e. The molecule has 0 saturated carbocycles. The predicted molar refractivity (Wildman–Crippen MR) is 111 cm³/mol. The van der Waals surface area contributed by atoms with E-state index >= 15 is 0 Å². The van der Waals surface area contributed by atoms with Crippen LogP contribution in [0.2, 0.25) is 0 Å². The van der Waals surface area contributed by atoms with Crippen molar-refractivity contribution in [1.82, 2.24) is 4.98 Å². The lowest BCUT2D eigenvalue weighted by molar-refractivity contribution is 0.100. The van der Waals surface area contributed by atoms with Crippen LogP contribution in [0.25, 0.3) is 22.0 Å². The van der Waals surface area contributed by atoms with E-state index in [9.17, 15) is 13.2 Å². The zero-order valence-corrected chi connectivity index (χ0v) is 17.0. The molecule has 150 valence electrons. The number of benzene rings is 1. The molecule has 0 radical (unpaired) electrons. The first kappa shape index (κ1) is 20.2. The van der Waals surface area contributed by atoms with Crippen molar-refractivity contribution in [3.63, 3.8) is 0 Å². The molecule has 0 bridgehead atoms. The van der Waals surface area contributed by atoms with Gasteiger partial charge in [0, 0.05) is 17.1 Å². The Morgan fingerprint density at radius 3 is 2.57 bits per heavy atom. The van der Waals surface area contributed by atoms with Gasteiger partial charge in [-0.25, -0.2) is 8.42 Å². The highest BCUT2D eigenvalue weighted by Gasteiger charge is 2.30. The van der Waals surface area contributed by atoms with E-state index in [-0.39, 0.29) is 5.25 Å². The molecular formula is C21H26N2O4S. The first-order valence-electron chi connectivity index (χ1n) is 9.44. The van der Waals surface area contributed by atoms with E-state index in [4.69, 9.17) is 10.2 Å². The van der Waals surface area contributed by atoms with Gasteiger partial charge in [0.15, 0.2) is 9.84 Å². The number of amides is 1. The van der Waals surface area contributed by atoms with Gasteiger partial charge in [0.25, 0.3) is 5.91 Å². The Balaban J connectivity index is 0.000000178. The standard InChI is InChI=1S/C13H10N2O2.C8H16O2S/c14-13(16)11-6-10(9-2-4-17-7-9)5-8-1-3-15-12(8)11;1-7(2)8-5-3-4-6-11(8,9)10/h1-7,15H,(H2,14,16);7-8H,3-6H2,1-2H3. The Hall–Kier alpha value is -2.54. The van der Waals surface area contributed by atoms with Gasteiger partial charge in [0.05, 0.1) is 34.6 Å². The van der Waals surface area contributed by atoms with Gasteiger partial charge in [-0.2, -0.15) is 0 Å². The Morgan fingerprint density at radius 1 is 1.21 bits per heavy atom. The van der Waals surface area contributed by atoms with Gasteiger partial charge in [-0.15, -0.1) is 0 Å². The lowest BCUT2D eigenvalue weighted by atomic mass is 10.0. The van der Waals surface area contributed by atoms with Crippen LogP contribution in [0.4, 0.5) is 0 Å². The maximum absolute atomic E-state index is 11.4. The van der Waals surface area contributed by atoms with E-state index < -0.39 is 15.7 Å². The summed E-state index contributed by atoms with van der Waals surface area (Å²) in [5.74, 6) is 0.263. The normalized spacial score (nSPS) is 18.6. The van der Waals surface area contributed by atoms with E-state index in [2.05, 4.69) is 4.98 Å². The highest BCUT2D eigenvalue weighted by molar-refractivity contribution is 7.92. The highest BCUT2D eigenvalue weighted by Crippen LogP contribution is 2.27. The SMILES string of the molecule is CC(C)C1CCCCS1(=O)=O.NC(=O)c1cc(-c2ccoc2)cc2cc[nH]c12. The summed E-state index contributed by atoms with van der Waals surface area (Å²) in [5, 5.41) is 0.897. The third-order valence-corrected chi connectivity index (χ3v) is 7.71. The Morgan fingerprint density at radius 2 is 2.00 bits per heavy atom. The van der Waals surface area contributed by atoms with E-state index in [0.29, 0.717) is 17.2 Å². The minimum atomic E-state index is -2.72. The van der Waals surface area contributed by atoms with E-state index in [1.807, 2.05) is 32.0 Å². The van der Waals surface area contributed by atoms with Crippen molar-refractivity contribution in [3.05, 3.63) is 48.6 Å². The predicted octanol–water partition coefficient (Wildman–Crippen LogP) is 4.14. The lowest BCUT2D eigenvalue weighted by Gasteiger charge is -2.24. The summed E-state index contributed by atoms with van der Waals surface area (Å²) in [6, 6.07) is 7.51. The highest BCUT2D eigenvalue weighted by atomic mass is 32.2. The smallest absolute Gasteiger partial charge is 0.250 e. The van der Waals surface area contributed by atoms with Gasteiger partial charge in [-0.3, -0.25) is 4.79 Å². The third-order valence-electron chi connectivity index (χ3n) is 5.15. The quantitative estimate of drug-likeness (QED) is 0.687. The van der Waals surface area contributed by atoms with E-state index in [0.717, 1.165) is 41.3 Å². The average Bonchev–Trinajstić information content (AvgIpc) is 3.32. The van der Waals surface area contributed by atoms with E-state index in [1.165, 1.54) is 0 Å². The molecule has 1 atom stereocenters. The van der Waals surface area contributed by atoms with Crippen LogP contribution in [0.1, 0.15) is 43.5 Å². The van der Waals surface area contributed by atoms with Crippen molar-refractivity contribution in [1.29, 1.82) is 0 Å². The summed E-state index contributed by atoms with van der Waals surface area (Å²) in [4.78, 5) is 14.4. The molecule has 3 N–H and O–H groups in total. The molecule has 6 nitrogen and oxygen atoms in total. The number of sulfone groups is 1. The first-order valence-corrected chi connectivity index (χ1v) is 11.2. The molecule has 1 saturated heterocycles. The molecule has 1 aliphatic rings. The summed E-state index contributed by atoms with van der Waals surface area (Å²) >= 11 is 0. The average molecular weight is 403 g/mol. The van der Waals surface area contributed by atoms with Gasteiger partial charge < -0.3 is 15.1 Å². The fourth-order valence-corrected chi connectivity index (χ4v) is 5.95. The number of nitrogens with two attached hydrogens (primary N) is 1. The number of hydrogen-bond acceptors (Lipinski definition) is 4. The summed E-state index contributed by atoms with van der Waals surface area (Å²) in [6.07, 6.45) is 7.85. The molecule has 1 unspecified atom stereocenters. The number of primary amides is 1. The van der Waals surface area contributed by atoms with Crippen molar-refractivity contribution in [3.8, 4) is 11.1 Å². The van der Waals surface area contributed by atoms with Crippen molar-refractivity contribution in [2.24, 2.45) is 11.7 Å². The number of fused-ring (bicyclic) bond motifs is 1. The van der Waals surface area contributed by atoms with Gasteiger partial charge >= 0.3 is 0 Å². The number of rotatable bonds is 3. The molecule has 0 aliphatic carbocycles. The molecule has 3 aromatic rings. The minimum Gasteiger partial charge on any atom is -0.472 e. The Kier molecular flexibility index (Phi) is 5.93. The molecule has 7 heteroatoms. The molecule has 1 amide bonds. The minimum absolute atomic E-state index is 0.0590. The van der Waals surface area contributed by atoms with Crippen LogP contribution in [-0.2, 0) is 9.84 Å². The fourth-order valence-electron chi connectivity index (χ4n) is 3.69. The zero-order chi connectivity index (χ0) is 20.3. The number of aromatic nitrogens is 1. The van der Waals surface area contributed by atoms with Gasteiger partial charge in [0.1, 0.15) is 0 Å². The van der Waals surface area contributed by atoms with Crippen LogP contribution in [0.5, 0.6) is 0 Å². The molecule has 4 rings (SSSR count). The topological polar surface area (TPSA) is 106 Å². The van der Waals surface area contributed by atoms with Gasteiger partial charge in [0.2, 0.25) is 0 Å². The summed E-state index contributed by atoms with van der Waals surface area (Å²) < 4.78 is 27.9.